The second-order valence-corrected chi connectivity index (χ2v) is 12.3. The number of fused-ring (bicyclic) bond motifs is 2. The third-order valence-electron chi connectivity index (χ3n) is 8.38. The number of hydrogen-bond acceptors (Lipinski definition) is 8. The molecule has 0 fully saturated rings. The van der Waals surface area contributed by atoms with Crippen molar-refractivity contribution >= 4 is 58.1 Å². The van der Waals surface area contributed by atoms with Gasteiger partial charge in [-0.25, -0.2) is 0 Å². The number of benzene rings is 3. The van der Waals surface area contributed by atoms with Gasteiger partial charge in [0.25, 0.3) is 11.8 Å². The summed E-state index contributed by atoms with van der Waals surface area (Å²) in [6.45, 7) is 1.77. The summed E-state index contributed by atoms with van der Waals surface area (Å²) in [4.78, 5) is 84.5. The number of nitrogens with one attached hydrogen (secondary N) is 7. The molecule has 15 heteroatoms. The Balaban J connectivity index is 1.55. The van der Waals surface area contributed by atoms with Gasteiger partial charge in [-0.15, -0.1) is 0 Å². The highest BCUT2D eigenvalue weighted by Crippen LogP contribution is 2.22. The average Bonchev–Trinajstić information content (AvgIpc) is 3.54. The molecule has 4 aromatic rings. The topological polar surface area (TPSA) is 231 Å². The number of hydrogen-bond donors (Lipinski definition) is 9. The number of aromatic nitrogens is 1. The fourth-order valence-electron chi connectivity index (χ4n) is 5.54. The zero-order chi connectivity index (χ0) is 37.4. The number of amides is 6. The highest BCUT2D eigenvalue weighted by atomic mass is 16.3. The molecule has 0 unspecified atom stereocenters. The Morgan fingerprint density at radius 1 is 0.712 bits per heavy atom. The number of carbonyl (C=O) groups is 6. The van der Waals surface area contributed by atoms with Crippen LogP contribution in [0.1, 0.15) is 35.3 Å². The Bertz CT molecular complexity index is 2010. The van der Waals surface area contributed by atoms with Crippen molar-refractivity contribution in [2.45, 2.75) is 50.5 Å². The average molecular weight is 710 g/mol. The molecule has 3 aromatic carbocycles. The summed E-state index contributed by atoms with van der Waals surface area (Å²) in [7, 11) is 0. The second kappa shape index (κ2) is 16.6. The van der Waals surface area contributed by atoms with Crippen LogP contribution in [0.25, 0.3) is 17.0 Å². The molecule has 1 aliphatic heterocycles. The molecule has 6 amide bonds. The van der Waals surface area contributed by atoms with Crippen molar-refractivity contribution in [2.75, 3.05) is 11.9 Å². The number of H-pyrrole nitrogens is 1. The molecule has 0 bridgehead atoms. The molecule has 1 aliphatic rings. The molecule has 0 saturated carbocycles. The highest BCUT2D eigenvalue weighted by Gasteiger charge is 2.33. The molecule has 0 spiro atoms. The molecule has 52 heavy (non-hydrogen) atoms. The van der Waals surface area contributed by atoms with E-state index in [4.69, 9.17) is 0 Å². The summed E-state index contributed by atoms with van der Waals surface area (Å²) in [6, 6.07) is 16.2. The van der Waals surface area contributed by atoms with Gasteiger partial charge in [0.2, 0.25) is 23.6 Å². The highest BCUT2D eigenvalue weighted by molar-refractivity contribution is 6.13. The number of anilines is 1. The fourth-order valence-corrected chi connectivity index (χ4v) is 5.54. The zero-order valence-electron chi connectivity index (χ0n) is 28.3. The minimum Gasteiger partial charge on any atom is -0.394 e. The van der Waals surface area contributed by atoms with Crippen LogP contribution in [0.4, 0.5) is 5.69 Å². The fraction of sp³-hybridized carbons (Fsp3) is 0.243. The predicted molar refractivity (Wildman–Crippen MR) is 191 cm³/mol. The lowest BCUT2D eigenvalue weighted by atomic mass is 10.0. The van der Waals surface area contributed by atoms with Gasteiger partial charge in [0.1, 0.15) is 29.9 Å². The SMILES string of the molecule is C[C@@H]1NC(=O)[C@@H](Cc2ccccc2)NC(=O)[C@@H](CO)NC(=O)c2ccccc2NC(=O)/C(=C/c2c[nH]c3ccccc23)NC(=O)[C@H]([C@@H](C)O)NC1=O. The monoisotopic (exact) mass is 709 g/mol. The molecule has 270 valence electrons. The van der Waals surface area contributed by atoms with Crippen LogP contribution in [0.3, 0.4) is 0 Å². The maximum atomic E-state index is 13.9. The van der Waals surface area contributed by atoms with Crippen molar-refractivity contribution in [3.63, 3.8) is 0 Å². The Morgan fingerprint density at radius 2 is 1.38 bits per heavy atom. The minimum absolute atomic E-state index is 0.00498. The number of aromatic amines is 1. The molecule has 0 saturated heterocycles. The van der Waals surface area contributed by atoms with E-state index in [1.54, 1.807) is 54.7 Å². The van der Waals surface area contributed by atoms with Gasteiger partial charge >= 0.3 is 0 Å². The number of aliphatic hydroxyl groups is 2. The smallest absolute Gasteiger partial charge is 0.272 e. The second-order valence-electron chi connectivity index (χ2n) is 12.3. The lowest BCUT2D eigenvalue weighted by Gasteiger charge is -2.25. The van der Waals surface area contributed by atoms with E-state index in [2.05, 4.69) is 36.9 Å². The van der Waals surface area contributed by atoms with Crippen LogP contribution in [0.2, 0.25) is 0 Å². The van der Waals surface area contributed by atoms with Gasteiger partial charge in [-0.3, -0.25) is 28.8 Å². The molecule has 0 radical (unpaired) electrons. The van der Waals surface area contributed by atoms with Gasteiger partial charge in [0.05, 0.1) is 24.0 Å². The Morgan fingerprint density at radius 3 is 2.12 bits per heavy atom. The number of carbonyl (C=O) groups excluding carboxylic acids is 6. The van der Waals surface area contributed by atoms with Gasteiger partial charge < -0.3 is 47.1 Å². The molecule has 0 aliphatic carbocycles. The maximum Gasteiger partial charge on any atom is 0.272 e. The van der Waals surface area contributed by atoms with E-state index in [0.717, 1.165) is 10.9 Å². The third kappa shape index (κ3) is 8.88. The van der Waals surface area contributed by atoms with Crippen molar-refractivity contribution in [3.05, 3.63) is 107 Å². The van der Waals surface area contributed by atoms with E-state index < -0.39 is 72.3 Å². The van der Waals surface area contributed by atoms with Gasteiger partial charge in [-0.05, 0) is 43.7 Å². The van der Waals surface area contributed by atoms with Crippen molar-refractivity contribution in [3.8, 4) is 0 Å². The van der Waals surface area contributed by atoms with E-state index in [9.17, 15) is 39.0 Å². The van der Waals surface area contributed by atoms with Crippen molar-refractivity contribution in [2.24, 2.45) is 0 Å². The van der Waals surface area contributed by atoms with E-state index >= 15 is 0 Å². The lowest BCUT2D eigenvalue weighted by Crippen LogP contribution is -2.59. The van der Waals surface area contributed by atoms with Crippen LogP contribution in [-0.2, 0) is 30.4 Å². The molecule has 5 rings (SSSR count). The van der Waals surface area contributed by atoms with Gasteiger partial charge in [0.15, 0.2) is 0 Å². The third-order valence-corrected chi connectivity index (χ3v) is 8.38. The van der Waals surface area contributed by atoms with Crippen molar-refractivity contribution < 1.29 is 39.0 Å². The molecule has 9 N–H and O–H groups in total. The van der Waals surface area contributed by atoms with E-state index in [1.165, 1.54) is 38.1 Å². The molecular formula is C37H39N7O8. The van der Waals surface area contributed by atoms with Crippen LogP contribution >= 0.6 is 0 Å². The first-order chi connectivity index (χ1) is 24.9. The lowest BCUT2D eigenvalue weighted by molar-refractivity contribution is -0.134. The molecule has 15 nitrogen and oxygen atoms in total. The maximum absolute atomic E-state index is 13.9. The minimum atomic E-state index is -1.59. The Hall–Kier alpha value is -6.32. The van der Waals surface area contributed by atoms with E-state index in [0.29, 0.717) is 11.1 Å². The number of aliphatic hydroxyl groups excluding tert-OH is 2. The standard InChI is InChI=1S/C37H39N7O8/c1-20-32(47)44-31(21(2)46)37(52)42-29(17-23-18-38-26-14-8-6-12-24(23)26)35(50)40-27-15-9-7-13-25(27)33(48)43-30(19-45)36(51)41-28(34(49)39-20)16-22-10-4-3-5-11-22/h3-15,17-18,20-21,28,30-31,38,45-46H,16,19H2,1-2H3,(H,39,49)(H,40,50)(H,41,51)(H,42,52)(H,43,48)(H,44,47)/b29-17-/t20-,21+,28+,30+,31-/m0/s1. The first-order valence-electron chi connectivity index (χ1n) is 16.5. The summed E-state index contributed by atoms with van der Waals surface area (Å²) in [5.74, 6) is -5.17. The van der Waals surface area contributed by atoms with Gasteiger partial charge in [-0.1, -0.05) is 60.7 Å². The summed E-state index contributed by atoms with van der Waals surface area (Å²) in [5.41, 5.74) is 1.53. The van der Waals surface area contributed by atoms with Crippen LogP contribution in [-0.4, -0.2) is 87.5 Å². The first-order valence-corrected chi connectivity index (χ1v) is 16.5. The number of rotatable bonds is 5. The molecular weight excluding hydrogens is 670 g/mol. The summed E-state index contributed by atoms with van der Waals surface area (Å²) < 4.78 is 0. The van der Waals surface area contributed by atoms with E-state index in [-0.39, 0.29) is 23.4 Å². The number of para-hydroxylation sites is 2. The summed E-state index contributed by atoms with van der Waals surface area (Å²) in [6.07, 6.45) is 1.54. The Kier molecular flexibility index (Phi) is 11.8. The normalized spacial score (nSPS) is 22.3. The van der Waals surface area contributed by atoms with Crippen molar-refractivity contribution in [1.29, 1.82) is 0 Å². The van der Waals surface area contributed by atoms with Crippen LogP contribution in [0.15, 0.2) is 90.8 Å². The van der Waals surface area contributed by atoms with Crippen LogP contribution in [0.5, 0.6) is 0 Å². The van der Waals surface area contributed by atoms with Crippen LogP contribution in [0, 0.1) is 0 Å². The van der Waals surface area contributed by atoms with Crippen molar-refractivity contribution in [1.82, 2.24) is 31.6 Å². The quantitative estimate of drug-likeness (QED) is 0.132. The molecule has 2 heterocycles. The molecule has 1 aromatic heterocycles. The van der Waals surface area contributed by atoms with Gasteiger partial charge in [0, 0.05) is 29.1 Å². The van der Waals surface area contributed by atoms with E-state index in [1.807, 2.05) is 12.1 Å². The van der Waals surface area contributed by atoms with Crippen LogP contribution < -0.4 is 31.9 Å². The first kappa shape index (κ1) is 36.9. The van der Waals surface area contributed by atoms with Gasteiger partial charge in [-0.2, -0.15) is 0 Å². The zero-order valence-corrected chi connectivity index (χ0v) is 28.3. The Labute approximate surface area is 298 Å². The summed E-state index contributed by atoms with van der Waals surface area (Å²) in [5, 5.41) is 36.5. The molecule has 5 atom stereocenters. The summed E-state index contributed by atoms with van der Waals surface area (Å²) >= 11 is 0. The predicted octanol–water partition coefficient (Wildman–Crippen LogP) is 0.466. The largest absolute Gasteiger partial charge is 0.394 e.